The minimum Gasteiger partial charge on any atom is -0.358 e. The number of hydrogen-bond acceptors (Lipinski definition) is 3. The topological polar surface area (TPSA) is 56.0 Å². The first-order valence-electron chi connectivity index (χ1n) is 3.19. The molecular weight excluding hydrogens is 208 g/mol. The Morgan fingerprint density at radius 2 is 2.00 bits per heavy atom. The highest BCUT2D eigenvalue weighted by Crippen LogP contribution is 2.32. The van der Waals surface area contributed by atoms with E-state index in [0.29, 0.717) is 0 Å². The van der Waals surface area contributed by atoms with Gasteiger partial charge in [0.1, 0.15) is 5.56 Å². The zero-order valence-electron chi connectivity index (χ0n) is 6.38. The SMILES string of the molecule is O=[N+]([O-])c1cc(C(F)(F)F)c(F)cn1. The number of rotatable bonds is 1. The Labute approximate surface area is 74.3 Å². The first-order chi connectivity index (χ1) is 6.32. The van der Waals surface area contributed by atoms with Crippen molar-refractivity contribution in [1.29, 1.82) is 0 Å². The Kier molecular flexibility index (Phi) is 2.37. The molecule has 0 aliphatic carbocycles. The number of hydrogen-bond donors (Lipinski definition) is 0. The van der Waals surface area contributed by atoms with Crippen molar-refractivity contribution in [2.24, 2.45) is 0 Å². The van der Waals surface area contributed by atoms with Gasteiger partial charge in [0.15, 0.2) is 12.0 Å². The van der Waals surface area contributed by atoms with Crippen LogP contribution in [0.1, 0.15) is 5.56 Å². The Balaban J connectivity index is 3.29. The zero-order chi connectivity index (χ0) is 10.9. The molecule has 0 aromatic carbocycles. The van der Waals surface area contributed by atoms with Crippen molar-refractivity contribution in [3.63, 3.8) is 0 Å². The molecule has 0 aliphatic rings. The van der Waals surface area contributed by atoms with E-state index in [1.54, 1.807) is 0 Å². The second-order valence-corrected chi connectivity index (χ2v) is 2.28. The van der Waals surface area contributed by atoms with Crippen LogP contribution in [0.5, 0.6) is 0 Å². The van der Waals surface area contributed by atoms with E-state index in [1.807, 2.05) is 0 Å². The number of nitro groups is 1. The predicted molar refractivity (Wildman–Crippen MR) is 35.9 cm³/mol. The van der Waals surface area contributed by atoms with Crippen LogP contribution in [-0.2, 0) is 6.18 Å². The minimum absolute atomic E-state index is 0.0509. The maximum Gasteiger partial charge on any atom is 0.419 e. The van der Waals surface area contributed by atoms with Gasteiger partial charge >= 0.3 is 12.0 Å². The molecule has 0 N–H and O–H groups in total. The third kappa shape index (κ3) is 1.95. The van der Waals surface area contributed by atoms with E-state index in [2.05, 4.69) is 4.98 Å². The maximum atomic E-state index is 12.5. The van der Waals surface area contributed by atoms with Gasteiger partial charge in [-0.1, -0.05) is 0 Å². The summed E-state index contributed by atoms with van der Waals surface area (Å²) < 4.78 is 48.5. The summed E-state index contributed by atoms with van der Waals surface area (Å²) >= 11 is 0. The van der Waals surface area contributed by atoms with Gasteiger partial charge in [-0.2, -0.15) is 13.2 Å². The molecule has 0 amide bonds. The van der Waals surface area contributed by atoms with E-state index in [-0.39, 0.29) is 12.3 Å². The lowest BCUT2D eigenvalue weighted by Gasteiger charge is -2.05. The molecule has 8 heteroatoms. The lowest BCUT2D eigenvalue weighted by atomic mass is 10.2. The van der Waals surface area contributed by atoms with Gasteiger partial charge in [-0.3, -0.25) is 0 Å². The van der Waals surface area contributed by atoms with Crippen LogP contribution in [0.15, 0.2) is 12.3 Å². The van der Waals surface area contributed by atoms with Gasteiger partial charge in [0, 0.05) is 0 Å². The molecule has 0 spiro atoms. The Morgan fingerprint density at radius 3 is 2.43 bits per heavy atom. The largest absolute Gasteiger partial charge is 0.419 e. The summed E-state index contributed by atoms with van der Waals surface area (Å²) in [6.45, 7) is 0. The van der Waals surface area contributed by atoms with Crippen LogP contribution in [0.25, 0.3) is 0 Å². The van der Waals surface area contributed by atoms with Crippen molar-refractivity contribution < 1.29 is 22.5 Å². The summed E-state index contributed by atoms with van der Waals surface area (Å²) in [5.74, 6) is -2.68. The normalized spacial score (nSPS) is 11.4. The molecule has 4 nitrogen and oxygen atoms in total. The van der Waals surface area contributed by atoms with E-state index in [0.717, 1.165) is 0 Å². The molecule has 1 aromatic rings. The summed E-state index contributed by atoms with van der Waals surface area (Å²) in [5.41, 5.74) is -1.70. The summed E-state index contributed by atoms with van der Waals surface area (Å²) in [6.07, 6.45) is -4.79. The van der Waals surface area contributed by atoms with Gasteiger partial charge in [-0.15, -0.1) is 0 Å². The number of nitrogens with zero attached hydrogens (tertiary/aromatic N) is 2. The van der Waals surface area contributed by atoms with E-state index < -0.39 is 28.3 Å². The van der Waals surface area contributed by atoms with Crippen molar-refractivity contribution in [3.05, 3.63) is 33.8 Å². The van der Waals surface area contributed by atoms with Crippen molar-refractivity contribution >= 4 is 5.82 Å². The van der Waals surface area contributed by atoms with Crippen LogP contribution in [-0.4, -0.2) is 9.91 Å². The molecule has 0 aliphatic heterocycles. The lowest BCUT2D eigenvalue weighted by molar-refractivity contribution is -0.389. The first-order valence-corrected chi connectivity index (χ1v) is 3.19. The number of halogens is 4. The van der Waals surface area contributed by atoms with Crippen LogP contribution in [0.4, 0.5) is 23.4 Å². The van der Waals surface area contributed by atoms with Crippen LogP contribution in [0, 0.1) is 15.9 Å². The summed E-state index contributed by atoms with van der Waals surface area (Å²) in [6, 6.07) is 0.0509. The second kappa shape index (κ2) is 3.20. The molecular formula is C6H2F4N2O2. The third-order valence-electron chi connectivity index (χ3n) is 1.33. The third-order valence-corrected chi connectivity index (χ3v) is 1.33. The Bertz CT molecular complexity index is 377. The molecule has 0 saturated carbocycles. The van der Waals surface area contributed by atoms with Crippen LogP contribution < -0.4 is 0 Å². The molecule has 0 atom stereocenters. The van der Waals surface area contributed by atoms with Crippen molar-refractivity contribution in [2.45, 2.75) is 6.18 Å². The van der Waals surface area contributed by atoms with Gasteiger partial charge in [0.05, 0.1) is 6.07 Å². The lowest BCUT2D eigenvalue weighted by Crippen LogP contribution is -2.09. The van der Waals surface area contributed by atoms with E-state index in [4.69, 9.17) is 0 Å². The molecule has 1 aromatic heterocycles. The monoisotopic (exact) mass is 210 g/mol. The number of aromatic nitrogens is 1. The number of alkyl halides is 3. The minimum atomic E-state index is -4.96. The van der Waals surface area contributed by atoms with Crippen molar-refractivity contribution in [1.82, 2.24) is 4.98 Å². The molecule has 1 heterocycles. The van der Waals surface area contributed by atoms with Gasteiger partial charge in [0.25, 0.3) is 0 Å². The molecule has 76 valence electrons. The molecule has 0 saturated heterocycles. The van der Waals surface area contributed by atoms with Crippen LogP contribution in [0.2, 0.25) is 0 Å². The van der Waals surface area contributed by atoms with E-state index in [9.17, 15) is 27.7 Å². The quantitative estimate of drug-likeness (QED) is 0.405. The highest BCUT2D eigenvalue weighted by molar-refractivity contribution is 5.28. The molecule has 14 heavy (non-hydrogen) atoms. The summed E-state index contributed by atoms with van der Waals surface area (Å²) in [5, 5.41) is 10.0. The van der Waals surface area contributed by atoms with Gasteiger partial charge in [-0.25, -0.2) is 4.39 Å². The van der Waals surface area contributed by atoms with Gasteiger partial charge in [0.2, 0.25) is 0 Å². The zero-order valence-corrected chi connectivity index (χ0v) is 6.38. The highest BCUT2D eigenvalue weighted by Gasteiger charge is 2.36. The second-order valence-electron chi connectivity index (χ2n) is 2.28. The summed E-state index contributed by atoms with van der Waals surface area (Å²) in [7, 11) is 0. The molecule has 0 bridgehead atoms. The fourth-order valence-corrected chi connectivity index (χ4v) is 0.745. The van der Waals surface area contributed by atoms with Crippen LogP contribution >= 0.6 is 0 Å². The average molecular weight is 210 g/mol. The fraction of sp³-hybridized carbons (Fsp3) is 0.167. The average Bonchev–Trinajstić information content (AvgIpc) is 2.02. The smallest absolute Gasteiger partial charge is 0.358 e. The van der Waals surface area contributed by atoms with E-state index >= 15 is 0 Å². The number of pyridine rings is 1. The van der Waals surface area contributed by atoms with E-state index in [1.165, 1.54) is 0 Å². The van der Waals surface area contributed by atoms with Gasteiger partial charge < -0.3 is 10.1 Å². The van der Waals surface area contributed by atoms with Gasteiger partial charge in [-0.05, 0) is 9.91 Å². The predicted octanol–water partition coefficient (Wildman–Crippen LogP) is 2.15. The van der Waals surface area contributed by atoms with Crippen LogP contribution in [0.3, 0.4) is 0 Å². The molecule has 1 rings (SSSR count). The fourth-order valence-electron chi connectivity index (χ4n) is 0.745. The van der Waals surface area contributed by atoms with Crippen molar-refractivity contribution in [2.75, 3.05) is 0 Å². The maximum absolute atomic E-state index is 12.5. The first kappa shape index (κ1) is 10.4. The molecule has 0 fully saturated rings. The summed E-state index contributed by atoms with van der Waals surface area (Å²) in [4.78, 5) is 11.8. The molecule has 0 radical (unpaired) electrons. The standard InChI is InChI=1S/C6H2F4N2O2/c7-4-2-11-5(12(13)14)1-3(4)6(8,9)10/h1-2H. The molecule has 0 unspecified atom stereocenters. The highest BCUT2D eigenvalue weighted by atomic mass is 19.4. The Morgan fingerprint density at radius 1 is 1.43 bits per heavy atom. The Hall–Kier alpha value is -1.73. The van der Waals surface area contributed by atoms with Crippen molar-refractivity contribution in [3.8, 4) is 0 Å².